The smallest absolute Gasteiger partial charge is 0.321 e. The van der Waals surface area contributed by atoms with Crippen molar-refractivity contribution >= 4 is 29.3 Å². The maximum absolute atomic E-state index is 13.1. The van der Waals surface area contributed by atoms with Gasteiger partial charge in [-0.25, -0.2) is 4.79 Å². The normalized spacial score (nSPS) is 17.1. The number of anilines is 2. The Bertz CT molecular complexity index is 952. The van der Waals surface area contributed by atoms with Crippen molar-refractivity contribution in [3.63, 3.8) is 0 Å². The van der Waals surface area contributed by atoms with Crippen molar-refractivity contribution < 1.29 is 19.1 Å². The molecule has 1 aliphatic carbocycles. The van der Waals surface area contributed by atoms with Gasteiger partial charge in [-0.15, -0.1) is 0 Å². The van der Waals surface area contributed by atoms with Crippen molar-refractivity contribution in [2.24, 2.45) is 5.92 Å². The van der Waals surface area contributed by atoms with E-state index >= 15 is 0 Å². The van der Waals surface area contributed by atoms with Gasteiger partial charge in [-0.05, 0) is 49.9 Å². The summed E-state index contributed by atoms with van der Waals surface area (Å²) in [6.45, 7) is 0.703. The van der Waals surface area contributed by atoms with E-state index in [1.807, 2.05) is 65.6 Å². The first-order chi connectivity index (χ1) is 16.6. The van der Waals surface area contributed by atoms with Crippen LogP contribution < -0.4 is 10.2 Å². The zero-order valence-electron chi connectivity index (χ0n) is 19.5. The summed E-state index contributed by atoms with van der Waals surface area (Å²) in [5.41, 5.74) is 1.60. The lowest BCUT2D eigenvalue weighted by molar-refractivity contribution is -0.153. The van der Waals surface area contributed by atoms with Crippen LogP contribution in [0.1, 0.15) is 44.9 Å². The summed E-state index contributed by atoms with van der Waals surface area (Å²) in [5.74, 6) is -0.826. The summed E-state index contributed by atoms with van der Waals surface area (Å²) in [6.07, 6.45) is 6.41. The minimum Gasteiger partial charge on any atom is -0.455 e. The van der Waals surface area contributed by atoms with Gasteiger partial charge < -0.3 is 19.9 Å². The molecule has 1 saturated heterocycles. The molecular formula is C27H33N3O4. The summed E-state index contributed by atoms with van der Waals surface area (Å²) in [7, 11) is 0. The van der Waals surface area contributed by atoms with E-state index in [2.05, 4.69) is 5.32 Å². The minimum atomic E-state index is -0.354. The number of para-hydroxylation sites is 2. The average Bonchev–Trinajstić information content (AvgIpc) is 2.89. The summed E-state index contributed by atoms with van der Waals surface area (Å²) in [4.78, 5) is 41.8. The molecule has 2 aromatic carbocycles. The number of esters is 1. The molecule has 2 aliphatic rings. The fourth-order valence-corrected chi connectivity index (χ4v) is 4.85. The number of urea groups is 1. The Kier molecular flexibility index (Phi) is 8.17. The highest BCUT2D eigenvalue weighted by molar-refractivity contribution is 5.96. The second-order valence-electron chi connectivity index (χ2n) is 9.06. The van der Waals surface area contributed by atoms with Crippen LogP contribution in [0, 0.1) is 5.92 Å². The second-order valence-corrected chi connectivity index (χ2v) is 9.06. The first-order valence-electron chi connectivity index (χ1n) is 12.3. The van der Waals surface area contributed by atoms with Crippen LogP contribution in [0.2, 0.25) is 0 Å². The third kappa shape index (κ3) is 6.16. The highest BCUT2D eigenvalue weighted by Gasteiger charge is 2.31. The zero-order chi connectivity index (χ0) is 23.8. The Balaban J connectivity index is 1.27. The van der Waals surface area contributed by atoms with Gasteiger partial charge in [0.05, 0.1) is 5.92 Å². The molecule has 34 heavy (non-hydrogen) atoms. The second kappa shape index (κ2) is 11.7. The van der Waals surface area contributed by atoms with Crippen LogP contribution in [0.15, 0.2) is 60.7 Å². The van der Waals surface area contributed by atoms with Crippen LogP contribution in [-0.4, -0.2) is 48.5 Å². The zero-order valence-corrected chi connectivity index (χ0v) is 19.5. The lowest BCUT2D eigenvalue weighted by Gasteiger charge is -2.34. The summed E-state index contributed by atoms with van der Waals surface area (Å²) >= 11 is 0. The Hall–Kier alpha value is -3.35. The first kappa shape index (κ1) is 23.8. The van der Waals surface area contributed by atoms with Crippen LogP contribution in [0.25, 0.3) is 0 Å². The number of carbonyl (C=O) groups excluding carboxylic acids is 3. The molecule has 0 atom stereocenters. The molecular weight excluding hydrogens is 430 g/mol. The molecule has 0 bridgehead atoms. The Labute approximate surface area is 201 Å². The number of piperidine rings is 1. The first-order valence-corrected chi connectivity index (χ1v) is 12.3. The van der Waals surface area contributed by atoms with E-state index in [4.69, 9.17) is 4.74 Å². The quantitative estimate of drug-likeness (QED) is 0.622. The van der Waals surface area contributed by atoms with Crippen LogP contribution in [-0.2, 0) is 14.3 Å². The number of rotatable bonds is 6. The van der Waals surface area contributed by atoms with Crippen LogP contribution >= 0.6 is 0 Å². The molecule has 2 fully saturated rings. The highest BCUT2D eigenvalue weighted by atomic mass is 16.5. The Morgan fingerprint density at radius 1 is 0.853 bits per heavy atom. The van der Waals surface area contributed by atoms with E-state index in [9.17, 15) is 14.4 Å². The molecule has 1 heterocycles. The van der Waals surface area contributed by atoms with Crippen molar-refractivity contribution in [2.75, 3.05) is 29.9 Å². The van der Waals surface area contributed by atoms with Gasteiger partial charge >= 0.3 is 12.0 Å². The van der Waals surface area contributed by atoms with Gasteiger partial charge in [-0.2, -0.15) is 0 Å². The van der Waals surface area contributed by atoms with Crippen molar-refractivity contribution in [2.45, 2.75) is 51.0 Å². The van der Waals surface area contributed by atoms with Crippen molar-refractivity contribution in [1.82, 2.24) is 4.90 Å². The largest absolute Gasteiger partial charge is 0.455 e. The fraction of sp³-hybridized carbons (Fsp3) is 0.444. The van der Waals surface area contributed by atoms with E-state index < -0.39 is 0 Å². The predicted molar refractivity (Wildman–Crippen MR) is 132 cm³/mol. The third-order valence-electron chi connectivity index (χ3n) is 6.72. The number of nitrogens with zero attached hydrogens (tertiary/aromatic N) is 2. The molecule has 0 unspecified atom stereocenters. The number of amides is 3. The maximum Gasteiger partial charge on any atom is 0.321 e. The SMILES string of the molecule is O=C(OCC(=O)N(c1ccccc1)C1CCCCC1)C1CCN(C(=O)Nc2ccccc2)CC1. The van der Waals surface area contributed by atoms with Gasteiger partial charge in [-0.1, -0.05) is 55.7 Å². The molecule has 3 amide bonds. The number of benzene rings is 2. The fourth-order valence-electron chi connectivity index (χ4n) is 4.85. The van der Waals surface area contributed by atoms with Gasteiger partial charge in [-0.3, -0.25) is 9.59 Å². The van der Waals surface area contributed by atoms with Gasteiger partial charge in [0.1, 0.15) is 0 Å². The van der Waals surface area contributed by atoms with E-state index in [-0.39, 0.29) is 36.5 Å². The van der Waals surface area contributed by atoms with Crippen molar-refractivity contribution in [1.29, 1.82) is 0 Å². The van der Waals surface area contributed by atoms with Gasteiger partial charge in [0.15, 0.2) is 6.61 Å². The Morgan fingerprint density at radius 3 is 2.12 bits per heavy atom. The lowest BCUT2D eigenvalue weighted by atomic mass is 9.93. The molecule has 7 nitrogen and oxygen atoms in total. The number of carbonyl (C=O) groups is 3. The van der Waals surface area contributed by atoms with Gasteiger partial charge in [0.25, 0.3) is 5.91 Å². The van der Waals surface area contributed by atoms with Gasteiger partial charge in [0.2, 0.25) is 0 Å². The predicted octanol–water partition coefficient (Wildman–Crippen LogP) is 4.84. The summed E-state index contributed by atoms with van der Waals surface area (Å²) in [6, 6.07) is 18.9. The van der Waals surface area contributed by atoms with E-state index in [0.717, 1.165) is 37.1 Å². The Morgan fingerprint density at radius 2 is 1.47 bits per heavy atom. The van der Waals surface area contributed by atoms with Crippen molar-refractivity contribution in [3.05, 3.63) is 60.7 Å². The summed E-state index contributed by atoms with van der Waals surface area (Å²) in [5, 5.41) is 2.88. The van der Waals surface area contributed by atoms with E-state index in [1.165, 1.54) is 6.42 Å². The van der Waals surface area contributed by atoms with Crippen LogP contribution in [0.3, 0.4) is 0 Å². The molecule has 2 aromatic rings. The molecule has 0 radical (unpaired) electrons. The minimum absolute atomic E-state index is 0.147. The maximum atomic E-state index is 13.1. The van der Waals surface area contributed by atoms with Crippen molar-refractivity contribution in [3.8, 4) is 0 Å². The van der Waals surface area contributed by atoms with Crippen LogP contribution in [0.5, 0.6) is 0 Å². The number of nitrogens with one attached hydrogen (secondary N) is 1. The average molecular weight is 464 g/mol. The molecule has 0 spiro atoms. The van der Waals surface area contributed by atoms with E-state index in [1.54, 1.807) is 4.90 Å². The molecule has 4 rings (SSSR count). The molecule has 1 saturated carbocycles. The number of hydrogen-bond acceptors (Lipinski definition) is 4. The summed E-state index contributed by atoms with van der Waals surface area (Å²) < 4.78 is 5.48. The highest BCUT2D eigenvalue weighted by Crippen LogP contribution is 2.28. The molecule has 180 valence electrons. The standard InChI is InChI=1S/C27H33N3O4/c31-25(30(23-12-6-2-7-13-23)24-14-8-3-9-15-24)20-34-26(32)21-16-18-29(19-17-21)27(33)28-22-10-4-1-5-11-22/h1-2,4-7,10-13,21,24H,3,8-9,14-20H2,(H,28,33). The molecule has 1 aliphatic heterocycles. The van der Waals surface area contributed by atoms with Gasteiger partial charge in [0, 0.05) is 30.5 Å². The number of likely N-dealkylation sites (tertiary alicyclic amines) is 1. The topological polar surface area (TPSA) is 79.0 Å². The number of hydrogen-bond donors (Lipinski definition) is 1. The molecule has 7 heteroatoms. The number of ether oxygens (including phenoxy) is 1. The molecule has 1 N–H and O–H groups in total. The van der Waals surface area contributed by atoms with E-state index in [0.29, 0.717) is 25.9 Å². The van der Waals surface area contributed by atoms with Crippen LogP contribution in [0.4, 0.5) is 16.2 Å². The lowest BCUT2D eigenvalue weighted by Crippen LogP contribution is -2.45. The molecule has 0 aromatic heterocycles. The monoisotopic (exact) mass is 463 g/mol. The third-order valence-corrected chi connectivity index (χ3v) is 6.72.